The first kappa shape index (κ1) is 22.4. The molecule has 0 unspecified atom stereocenters. The van der Waals surface area contributed by atoms with E-state index in [0.717, 1.165) is 5.56 Å². The van der Waals surface area contributed by atoms with Crippen molar-refractivity contribution in [3.63, 3.8) is 0 Å². The molecule has 1 rings (SSSR count). The molecule has 0 saturated heterocycles. The molecule has 0 radical (unpaired) electrons. The fourth-order valence-corrected chi connectivity index (χ4v) is 1.89. The molecule has 27 heavy (non-hydrogen) atoms. The SMILES string of the molecule is O=C(O)CCC(=O)NCCOCCOCCNC(=O)OCc1ccccc1. The van der Waals surface area contributed by atoms with Crippen LogP contribution >= 0.6 is 0 Å². The van der Waals surface area contributed by atoms with E-state index in [-0.39, 0.29) is 25.4 Å². The van der Waals surface area contributed by atoms with Gasteiger partial charge in [-0.25, -0.2) is 4.79 Å². The number of carbonyl (C=O) groups excluding carboxylic acids is 2. The molecule has 150 valence electrons. The lowest BCUT2D eigenvalue weighted by molar-refractivity contribution is -0.138. The number of benzene rings is 1. The zero-order valence-electron chi connectivity index (χ0n) is 15.1. The van der Waals surface area contributed by atoms with Crippen molar-refractivity contribution in [3.05, 3.63) is 35.9 Å². The highest BCUT2D eigenvalue weighted by molar-refractivity contribution is 5.80. The monoisotopic (exact) mass is 382 g/mol. The summed E-state index contributed by atoms with van der Waals surface area (Å²) in [5.74, 6) is -1.32. The van der Waals surface area contributed by atoms with Gasteiger partial charge in [0.15, 0.2) is 0 Å². The van der Waals surface area contributed by atoms with Gasteiger partial charge in [0.2, 0.25) is 5.91 Å². The van der Waals surface area contributed by atoms with Crippen molar-refractivity contribution in [2.24, 2.45) is 0 Å². The van der Waals surface area contributed by atoms with Crippen LogP contribution in [-0.2, 0) is 30.4 Å². The van der Waals surface area contributed by atoms with Crippen molar-refractivity contribution in [2.75, 3.05) is 39.5 Å². The number of amides is 2. The van der Waals surface area contributed by atoms with Crippen LogP contribution in [0.3, 0.4) is 0 Å². The Labute approximate surface area is 158 Å². The smallest absolute Gasteiger partial charge is 0.407 e. The number of hydrogen-bond acceptors (Lipinski definition) is 6. The molecule has 9 heteroatoms. The Balaban J connectivity index is 1.85. The average Bonchev–Trinajstić information content (AvgIpc) is 2.67. The highest BCUT2D eigenvalue weighted by atomic mass is 16.5. The molecule has 3 N–H and O–H groups in total. The Morgan fingerprint density at radius 2 is 1.48 bits per heavy atom. The van der Waals surface area contributed by atoms with Gasteiger partial charge in [-0.15, -0.1) is 0 Å². The van der Waals surface area contributed by atoms with Gasteiger partial charge in [-0.2, -0.15) is 0 Å². The maximum absolute atomic E-state index is 11.5. The zero-order chi connectivity index (χ0) is 19.7. The van der Waals surface area contributed by atoms with E-state index >= 15 is 0 Å². The maximum Gasteiger partial charge on any atom is 0.407 e. The van der Waals surface area contributed by atoms with Crippen molar-refractivity contribution in [1.29, 1.82) is 0 Å². The summed E-state index contributed by atoms with van der Waals surface area (Å²) in [5.41, 5.74) is 0.916. The van der Waals surface area contributed by atoms with Gasteiger partial charge in [-0.3, -0.25) is 9.59 Å². The quantitative estimate of drug-likeness (QED) is 0.409. The van der Waals surface area contributed by atoms with Gasteiger partial charge in [0.25, 0.3) is 0 Å². The Kier molecular flexibility index (Phi) is 12.0. The number of carbonyl (C=O) groups is 3. The van der Waals surface area contributed by atoms with Gasteiger partial charge in [0, 0.05) is 19.5 Å². The molecule has 0 aromatic heterocycles. The van der Waals surface area contributed by atoms with E-state index in [1.54, 1.807) is 0 Å². The Morgan fingerprint density at radius 1 is 0.852 bits per heavy atom. The maximum atomic E-state index is 11.5. The molecule has 0 bridgehead atoms. The molecule has 0 spiro atoms. The molecule has 0 heterocycles. The van der Waals surface area contributed by atoms with Gasteiger partial charge in [0.05, 0.1) is 32.8 Å². The molecule has 0 aliphatic carbocycles. The van der Waals surface area contributed by atoms with Crippen molar-refractivity contribution in [2.45, 2.75) is 19.4 Å². The number of aliphatic carboxylic acids is 1. The number of hydrogen-bond donors (Lipinski definition) is 3. The summed E-state index contributed by atoms with van der Waals surface area (Å²) >= 11 is 0. The predicted octanol–water partition coefficient (Wildman–Crippen LogP) is 0.927. The number of carboxylic acid groups (broad SMARTS) is 1. The second-order valence-electron chi connectivity index (χ2n) is 5.46. The largest absolute Gasteiger partial charge is 0.481 e. The first-order chi connectivity index (χ1) is 13.1. The summed E-state index contributed by atoms with van der Waals surface area (Å²) < 4.78 is 15.6. The van der Waals surface area contributed by atoms with Crippen molar-refractivity contribution in [1.82, 2.24) is 10.6 Å². The highest BCUT2D eigenvalue weighted by Gasteiger charge is 2.04. The molecule has 0 aliphatic rings. The minimum Gasteiger partial charge on any atom is -0.481 e. The summed E-state index contributed by atoms with van der Waals surface area (Å²) in [6.07, 6.45) is -0.731. The third-order valence-corrected chi connectivity index (χ3v) is 3.23. The minimum absolute atomic E-state index is 0.0424. The van der Waals surface area contributed by atoms with Crippen LogP contribution in [0.4, 0.5) is 4.79 Å². The average molecular weight is 382 g/mol. The van der Waals surface area contributed by atoms with Crippen LogP contribution in [0.2, 0.25) is 0 Å². The first-order valence-electron chi connectivity index (χ1n) is 8.66. The van der Waals surface area contributed by atoms with Crippen LogP contribution < -0.4 is 10.6 Å². The molecule has 0 fully saturated rings. The van der Waals surface area contributed by atoms with Crippen LogP contribution in [0.1, 0.15) is 18.4 Å². The lowest BCUT2D eigenvalue weighted by Crippen LogP contribution is -2.29. The van der Waals surface area contributed by atoms with Gasteiger partial charge >= 0.3 is 12.1 Å². The second kappa shape index (κ2) is 14.5. The van der Waals surface area contributed by atoms with Gasteiger partial charge < -0.3 is 30.0 Å². The molecular weight excluding hydrogens is 356 g/mol. The molecule has 0 atom stereocenters. The van der Waals surface area contributed by atoms with E-state index in [2.05, 4.69) is 10.6 Å². The number of rotatable bonds is 14. The van der Waals surface area contributed by atoms with E-state index in [4.69, 9.17) is 19.3 Å². The summed E-state index contributed by atoms with van der Waals surface area (Å²) in [7, 11) is 0. The third-order valence-electron chi connectivity index (χ3n) is 3.23. The molecule has 9 nitrogen and oxygen atoms in total. The van der Waals surface area contributed by atoms with E-state index in [0.29, 0.717) is 39.5 Å². The lowest BCUT2D eigenvalue weighted by atomic mass is 10.2. The van der Waals surface area contributed by atoms with Crippen LogP contribution in [0, 0.1) is 0 Å². The molecule has 2 amide bonds. The van der Waals surface area contributed by atoms with E-state index in [9.17, 15) is 14.4 Å². The highest BCUT2D eigenvalue weighted by Crippen LogP contribution is 2.00. The fraction of sp³-hybridized carbons (Fsp3) is 0.500. The minimum atomic E-state index is -1.00. The number of alkyl carbamates (subject to hydrolysis) is 1. The summed E-state index contributed by atoms with van der Waals surface area (Å²) in [5, 5.41) is 13.6. The Morgan fingerprint density at radius 3 is 2.11 bits per heavy atom. The van der Waals surface area contributed by atoms with Crippen molar-refractivity contribution < 1.29 is 33.7 Å². The summed E-state index contributed by atoms with van der Waals surface area (Å²) in [4.78, 5) is 33.0. The number of carboxylic acids is 1. The number of nitrogens with one attached hydrogen (secondary N) is 2. The first-order valence-corrected chi connectivity index (χ1v) is 8.66. The van der Waals surface area contributed by atoms with Crippen LogP contribution in [0.15, 0.2) is 30.3 Å². The van der Waals surface area contributed by atoms with Gasteiger partial charge in [-0.05, 0) is 5.56 Å². The summed E-state index contributed by atoms with van der Waals surface area (Å²) in [6.45, 7) is 2.20. The van der Waals surface area contributed by atoms with E-state index in [1.807, 2.05) is 30.3 Å². The lowest BCUT2D eigenvalue weighted by Gasteiger charge is -2.08. The topological polar surface area (TPSA) is 123 Å². The zero-order valence-corrected chi connectivity index (χ0v) is 15.1. The predicted molar refractivity (Wildman–Crippen MR) is 96.1 cm³/mol. The third kappa shape index (κ3) is 13.2. The van der Waals surface area contributed by atoms with Crippen LogP contribution in [-0.4, -0.2) is 62.6 Å². The number of ether oxygens (including phenoxy) is 3. The second-order valence-corrected chi connectivity index (χ2v) is 5.46. The Bertz CT molecular complexity index is 566. The molecule has 1 aromatic rings. The van der Waals surface area contributed by atoms with Gasteiger partial charge in [0.1, 0.15) is 6.61 Å². The molecule has 0 aliphatic heterocycles. The van der Waals surface area contributed by atoms with E-state index < -0.39 is 12.1 Å². The molecule has 1 aromatic carbocycles. The Hall–Kier alpha value is -2.65. The van der Waals surface area contributed by atoms with E-state index in [1.165, 1.54) is 0 Å². The fourth-order valence-electron chi connectivity index (χ4n) is 1.89. The van der Waals surface area contributed by atoms with Crippen LogP contribution in [0.25, 0.3) is 0 Å². The van der Waals surface area contributed by atoms with Gasteiger partial charge in [-0.1, -0.05) is 30.3 Å². The molecular formula is C18H26N2O7. The standard InChI is InChI=1S/C18H26N2O7/c21-16(6-7-17(22)23)19-8-10-25-12-13-26-11-9-20-18(24)27-14-15-4-2-1-3-5-15/h1-5H,6-14H2,(H,19,21)(H,20,24)(H,22,23). The van der Waals surface area contributed by atoms with Crippen molar-refractivity contribution >= 4 is 18.0 Å². The summed E-state index contributed by atoms with van der Waals surface area (Å²) in [6, 6.07) is 9.39. The molecule has 0 saturated carbocycles. The van der Waals surface area contributed by atoms with Crippen LogP contribution in [0.5, 0.6) is 0 Å². The van der Waals surface area contributed by atoms with Crippen molar-refractivity contribution in [3.8, 4) is 0 Å². The normalized spacial score (nSPS) is 10.2.